The summed E-state index contributed by atoms with van der Waals surface area (Å²) in [5.41, 5.74) is 5.14. The fourth-order valence-electron chi connectivity index (χ4n) is 4.98. The van der Waals surface area contributed by atoms with Crippen LogP contribution in [0.3, 0.4) is 0 Å². The van der Waals surface area contributed by atoms with Gasteiger partial charge in [0.15, 0.2) is 17.3 Å². The van der Waals surface area contributed by atoms with Crippen molar-refractivity contribution in [3.63, 3.8) is 0 Å². The van der Waals surface area contributed by atoms with E-state index in [1.807, 2.05) is 44.2 Å². The van der Waals surface area contributed by atoms with Crippen LogP contribution >= 0.6 is 0 Å². The summed E-state index contributed by atoms with van der Waals surface area (Å²) in [4.78, 5) is 26.8. The number of halogens is 1. The molecular weight excluding hydrogens is 485 g/mol. The molecule has 5 rings (SSSR count). The number of carbonyl (C=O) groups excluding carboxylic acids is 2. The number of hydrogen-bond donors (Lipinski definition) is 1. The Labute approximate surface area is 220 Å². The van der Waals surface area contributed by atoms with Crippen LogP contribution in [0.2, 0.25) is 0 Å². The predicted octanol–water partition coefficient (Wildman–Crippen LogP) is 5.93. The molecule has 194 valence electrons. The van der Waals surface area contributed by atoms with Crippen LogP contribution in [0.15, 0.2) is 83.6 Å². The number of carbonyl (C=O) groups is 2. The number of benzene rings is 3. The van der Waals surface area contributed by atoms with Crippen LogP contribution in [0.4, 0.5) is 4.39 Å². The summed E-state index contributed by atoms with van der Waals surface area (Å²) >= 11 is 0. The Hall–Kier alpha value is -4.39. The SMILES string of the molecule is CCOC(=O)C1=C(C)NC2=C(C(=O)c3ccccc32)[C@H]1c1ccc(OCc2ccc(F)cc2)c(OCC)c1. The van der Waals surface area contributed by atoms with E-state index < -0.39 is 11.9 Å². The van der Waals surface area contributed by atoms with Crippen LogP contribution in [0.5, 0.6) is 11.5 Å². The number of allylic oxidation sites excluding steroid dienone is 2. The second-order valence-electron chi connectivity index (χ2n) is 9.03. The van der Waals surface area contributed by atoms with Gasteiger partial charge in [0.25, 0.3) is 0 Å². The van der Waals surface area contributed by atoms with Gasteiger partial charge < -0.3 is 19.5 Å². The molecule has 38 heavy (non-hydrogen) atoms. The largest absolute Gasteiger partial charge is 0.490 e. The summed E-state index contributed by atoms with van der Waals surface area (Å²) in [6.45, 7) is 6.26. The molecule has 0 aromatic heterocycles. The van der Waals surface area contributed by atoms with Crippen molar-refractivity contribution in [3.8, 4) is 11.5 Å². The molecule has 1 N–H and O–H groups in total. The van der Waals surface area contributed by atoms with Gasteiger partial charge in [-0.3, -0.25) is 4.79 Å². The van der Waals surface area contributed by atoms with Gasteiger partial charge >= 0.3 is 5.97 Å². The standard InChI is InChI=1S/C31H28FNO5/c1-4-36-25-16-20(12-15-24(25)38-17-19-10-13-21(32)14-11-19)27-26(31(35)37-5-2)18(3)33-29-22-8-6-7-9-23(22)30(34)28(27)29/h6-16,27,33H,4-5,17H2,1-3H3/t27-/m0/s1. The zero-order chi connectivity index (χ0) is 26.8. The zero-order valence-corrected chi connectivity index (χ0v) is 21.5. The van der Waals surface area contributed by atoms with Crippen molar-refractivity contribution in [1.29, 1.82) is 0 Å². The fourth-order valence-corrected chi connectivity index (χ4v) is 4.98. The summed E-state index contributed by atoms with van der Waals surface area (Å²) in [5, 5.41) is 3.30. The molecule has 1 atom stereocenters. The van der Waals surface area contributed by atoms with E-state index in [1.54, 1.807) is 31.2 Å². The van der Waals surface area contributed by atoms with E-state index in [0.29, 0.717) is 51.8 Å². The summed E-state index contributed by atoms with van der Waals surface area (Å²) in [7, 11) is 0. The molecule has 6 nitrogen and oxygen atoms in total. The first kappa shape index (κ1) is 25.3. The molecule has 7 heteroatoms. The van der Waals surface area contributed by atoms with Crippen LogP contribution in [-0.2, 0) is 16.1 Å². The maximum atomic E-state index is 13.7. The number of nitrogens with one attached hydrogen (secondary N) is 1. The predicted molar refractivity (Wildman–Crippen MR) is 141 cm³/mol. The number of esters is 1. The first-order valence-corrected chi connectivity index (χ1v) is 12.6. The Bertz CT molecular complexity index is 1470. The topological polar surface area (TPSA) is 73.9 Å². The Kier molecular flexibility index (Phi) is 7.01. The van der Waals surface area contributed by atoms with Gasteiger partial charge in [0, 0.05) is 28.3 Å². The highest BCUT2D eigenvalue weighted by Crippen LogP contribution is 2.48. The molecule has 1 aliphatic heterocycles. The van der Waals surface area contributed by atoms with Crippen LogP contribution in [-0.4, -0.2) is 25.0 Å². The van der Waals surface area contributed by atoms with E-state index >= 15 is 0 Å². The Morgan fingerprint density at radius 1 is 0.921 bits per heavy atom. The normalized spacial score (nSPS) is 16.1. The molecule has 0 bridgehead atoms. The average molecular weight is 514 g/mol. The molecule has 0 spiro atoms. The summed E-state index contributed by atoms with van der Waals surface area (Å²) in [6.07, 6.45) is 0. The molecule has 2 aliphatic rings. The third kappa shape index (κ3) is 4.56. The van der Waals surface area contributed by atoms with Crippen molar-refractivity contribution in [1.82, 2.24) is 5.32 Å². The number of dihydropyridines is 1. The van der Waals surface area contributed by atoms with Crippen LogP contribution in [0, 0.1) is 5.82 Å². The Morgan fingerprint density at radius 2 is 1.66 bits per heavy atom. The zero-order valence-electron chi connectivity index (χ0n) is 21.5. The number of hydrogen-bond acceptors (Lipinski definition) is 6. The van der Waals surface area contributed by atoms with Crippen molar-refractivity contribution in [2.45, 2.75) is 33.3 Å². The Morgan fingerprint density at radius 3 is 2.37 bits per heavy atom. The molecule has 0 saturated carbocycles. The molecule has 0 amide bonds. The van der Waals surface area contributed by atoms with Gasteiger partial charge in [-0.25, -0.2) is 9.18 Å². The number of fused-ring (bicyclic) bond motifs is 2. The smallest absolute Gasteiger partial charge is 0.336 e. The van der Waals surface area contributed by atoms with Crippen molar-refractivity contribution in [2.75, 3.05) is 13.2 Å². The van der Waals surface area contributed by atoms with Crippen LogP contribution < -0.4 is 14.8 Å². The quantitative estimate of drug-likeness (QED) is 0.376. The molecule has 0 saturated heterocycles. The van der Waals surface area contributed by atoms with E-state index in [1.165, 1.54) is 12.1 Å². The molecule has 1 aliphatic carbocycles. The third-order valence-electron chi connectivity index (χ3n) is 6.65. The number of Topliss-reactive ketones (excluding diaryl/α,β-unsaturated/α-hetero) is 1. The summed E-state index contributed by atoms with van der Waals surface area (Å²) in [6, 6.07) is 18.9. The highest BCUT2D eigenvalue weighted by Gasteiger charge is 2.43. The molecule has 3 aromatic carbocycles. The van der Waals surface area contributed by atoms with E-state index in [9.17, 15) is 14.0 Å². The van der Waals surface area contributed by atoms with Gasteiger partial charge in [-0.2, -0.15) is 0 Å². The molecular formula is C31H28FNO5. The molecule has 1 heterocycles. The lowest BCUT2D eigenvalue weighted by atomic mass is 9.79. The lowest BCUT2D eigenvalue weighted by Gasteiger charge is -2.29. The van der Waals surface area contributed by atoms with Crippen molar-refractivity contribution in [2.24, 2.45) is 0 Å². The Balaban J connectivity index is 1.57. The molecule has 0 unspecified atom stereocenters. The lowest BCUT2D eigenvalue weighted by molar-refractivity contribution is -0.138. The van der Waals surface area contributed by atoms with Crippen molar-refractivity contribution in [3.05, 3.63) is 112 Å². The van der Waals surface area contributed by atoms with Crippen LogP contribution in [0.25, 0.3) is 5.70 Å². The van der Waals surface area contributed by atoms with Crippen LogP contribution in [0.1, 0.15) is 53.7 Å². The maximum absolute atomic E-state index is 13.7. The van der Waals surface area contributed by atoms with Gasteiger partial charge in [0.05, 0.1) is 24.5 Å². The number of rotatable bonds is 8. The van der Waals surface area contributed by atoms with Gasteiger partial charge in [0.1, 0.15) is 12.4 Å². The number of ether oxygens (including phenoxy) is 3. The average Bonchev–Trinajstić information content (AvgIpc) is 3.19. The lowest BCUT2D eigenvalue weighted by Crippen LogP contribution is -2.29. The van der Waals surface area contributed by atoms with Gasteiger partial charge in [0.2, 0.25) is 0 Å². The minimum atomic E-state index is -0.657. The summed E-state index contributed by atoms with van der Waals surface area (Å²) in [5.74, 6) is -0.591. The first-order chi connectivity index (χ1) is 18.4. The van der Waals surface area contributed by atoms with E-state index in [4.69, 9.17) is 14.2 Å². The number of ketones is 1. The second kappa shape index (κ2) is 10.5. The summed E-state index contributed by atoms with van der Waals surface area (Å²) < 4.78 is 30.6. The second-order valence-corrected chi connectivity index (χ2v) is 9.03. The highest BCUT2D eigenvalue weighted by molar-refractivity contribution is 6.23. The van der Waals surface area contributed by atoms with E-state index in [0.717, 1.165) is 11.1 Å². The minimum absolute atomic E-state index is 0.128. The van der Waals surface area contributed by atoms with Crippen molar-refractivity contribution >= 4 is 17.4 Å². The van der Waals surface area contributed by atoms with Crippen molar-refractivity contribution < 1.29 is 28.2 Å². The highest BCUT2D eigenvalue weighted by atomic mass is 19.1. The monoisotopic (exact) mass is 513 g/mol. The van der Waals surface area contributed by atoms with Gasteiger partial charge in [-0.1, -0.05) is 42.5 Å². The third-order valence-corrected chi connectivity index (χ3v) is 6.65. The maximum Gasteiger partial charge on any atom is 0.336 e. The van der Waals surface area contributed by atoms with E-state index in [-0.39, 0.29) is 24.8 Å². The van der Waals surface area contributed by atoms with Gasteiger partial charge in [-0.15, -0.1) is 0 Å². The minimum Gasteiger partial charge on any atom is -0.490 e. The molecule has 0 fully saturated rings. The first-order valence-electron chi connectivity index (χ1n) is 12.6. The fraction of sp³-hybridized carbons (Fsp3) is 0.226. The molecule has 3 aromatic rings. The van der Waals surface area contributed by atoms with E-state index in [2.05, 4.69) is 5.32 Å². The molecule has 0 radical (unpaired) electrons. The van der Waals surface area contributed by atoms with Gasteiger partial charge in [-0.05, 0) is 56.2 Å².